The molecule has 7 nitrogen and oxygen atoms in total. The van der Waals surface area contributed by atoms with Crippen LogP contribution in [0.4, 0.5) is 0 Å². The van der Waals surface area contributed by atoms with Crippen molar-refractivity contribution in [3.63, 3.8) is 0 Å². The van der Waals surface area contributed by atoms with Gasteiger partial charge in [-0.25, -0.2) is 0 Å². The highest BCUT2D eigenvalue weighted by molar-refractivity contribution is 5.86. The molecule has 2 amide bonds. The van der Waals surface area contributed by atoms with Crippen molar-refractivity contribution >= 4 is 17.8 Å². The minimum Gasteiger partial charge on any atom is -0.481 e. The Hall–Kier alpha value is -1.63. The Kier molecular flexibility index (Phi) is 6.44. The van der Waals surface area contributed by atoms with Crippen LogP contribution in [-0.4, -0.2) is 61.6 Å². The summed E-state index contributed by atoms with van der Waals surface area (Å²) in [5, 5.41) is 11.6. The lowest BCUT2D eigenvalue weighted by Crippen LogP contribution is -2.41. The molecule has 1 aliphatic rings. The van der Waals surface area contributed by atoms with Gasteiger partial charge in [0.05, 0.1) is 19.1 Å². The standard InChI is InChI=1S/C13H22N2O5/c1-15(8-11(16)14-5-6-20-2)12(17)9-3-4-10(7-9)13(18)19/h9-10H,3-8H2,1-2H3,(H,14,16)(H,18,19)/t9-,10+/m1/s1. The highest BCUT2D eigenvalue weighted by atomic mass is 16.5. The van der Waals surface area contributed by atoms with Crippen molar-refractivity contribution in [3.05, 3.63) is 0 Å². The molecule has 7 heteroatoms. The van der Waals surface area contributed by atoms with Crippen molar-refractivity contribution in [3.8, 4) is 0 Å². The number of ether oxygens (including phenoxy) is 1. The maximum atomic E-state index is 12.1. The third-order valence-corrected chi connectivity index (χ3v) is 3.52. The molecule has 0 aromatic heterocycles. The van der Waals surface area contributed by atoms with Gasteiger partial charge in [0, 0.05) is 26.6 Å². The summed E-state index contributed by atoms with van der Waals surface area (Å²) < 4.78 is 4.81. The zero-order valence-electron chi connectivity index (χ0n) is 11.9. The second-order valence-electron chi connectivity index (χ2n) is 5.08. The minimum atomic E-state index is -0.847. The molecule has 0 saturated heterocycles. The van der Waals surface area contributed by atoms with Gasteiger partial charge in [-0.1, -0.05) is 0 Å². The summed E-state index contributed by atoms with van der Waals surface area (Å²) in [6.07, 6.45) is 1.47. The predicted molar refractivity (Wildman–Crippen MR) is 71.0 cm³/mol. The largest absolute Gasteiger partial charge is 0.481 e. The van der Waals surface area contributed by atoms with Gasteiger partial charge < -0.3 is 20.1 Å². The van der Waals surface area contributed by atoms with Crippen LogP contribution in [0.2, 0.25) is 0 Å². The number of likely N-dealkylation sites (N-methyl/N-ethyl adjacent to an activating group) is 1. The molecule has 0 aromatic carbocycles. The van der Waals surface area contributed by atoms with E-state index < -0.39 is 11.9 Å². The number of carbonyl (C=O) groups is 3. The number of carbonyl (C=O) groups excluding carboxylic acids is 2. The molecule has 0 aromatic rings. The fourth-order valence-electron chi connectivity index (χ4n) is 2.38. The Morgan fingerprint density at radius 3 is 2.50 bits per heavy atom. The minimum absolute atomic E-state index is 0.0171. The van der Waals surface area contributed by atoms with Crippen molar-refractivity contribution < 1.29 is 24.2 Å². The number of amides is 2. The molecule has 0 spiro atoms. The summed E-state index contributed by atoms with van der Waals surface area (Å²) in [6, 6.07) is 0. The highest BCUT2D eigenvalue weighted by Gasteiger charge is 2.35. The third kappa shape index (κ3) is 4.80. The number of carboxylic acid groups (broad SMARTS) is 1. The number of nitrogens with one attached hydrogen (secondary N) is 1. The number of methoxy groups -OCH3 is 1. The molecule has 114 valence electrons. The zero-order valence-corrected chi connectivity index (χ0v) is 11.9. The van der Waals surface area contributed by atoms with E-state index in [1.54, 1.807) is 14.2 Å². The number of hydrogen-bond acceptors (Lipinski definition) is 4. The van der Waals surface area contributed by atoms with E-state index in [0.717, 1.165) is 0 Å². The van der Waals surface area contributed by atoms with Crippen LogP contribution in [0.3, 0.4) is 0 Å². The normalized spacial score (nSPS) is 21.5. The van der Waals surface area contributed by atoms with Crippen molar-refractivity contribution in [2.75, 3.05) is 33.9 Å². The zero-order chi connectivity index (χ0) is 15.1. The van der Waals surface area contributed by atoms with Crippen LogP contribution in [0.15, 0.2) is 0 Å². The van der Waals surface area contributed by atoms with E-state index in [9.17, 15) is 14.4 Å². The molecular formula is C13H22N2O5. The van der Waals surface area contributed by atoms with Crippen LogP contribution in [0.25, 0.3) is 0 Å². The molecule has 2 atom stereocenters. The Labute approximate surface area is 118 Å². The summed E-state index contributed by atoms with van der Waals surface area (Å²) in [5.41, 5.74) is 0. The van der Waals surface area contributed by atoms with Crippen LogP contribution in [0, 0.1) is 11.8 Å². The van der Waals surface area contributed by atoms with E-state index in [1.807, 2.05) is 0 Å². The first-order chi connectivity index (χ1) is 9.45. The summed E-state index contributed by atoms with van der Waals surface area (Å²) in [4.78, 5) is 35.9. The van der Waals surface area contributed by atoms with Gasteiger partial charge in [0.1, 0.15) is 0 Å². The number of nitrogens with zero attached hydrogens (tertiary/aromatic N) is 1. The molecule has 0 radical (unpaired) electrons. The monoisotopic (exact) mass is 286 g/mol. The van der Waals surface area contributed by atoms with E-state index in [4.69, 9.17) is 9.84 Å². The average molecular weight is 286 g/mol. The number of rotatable bonds is 7. The van der Waals surface area contributed by atoms with Gasteiger partial charge in [-0.3, -0.25) is 14.4 Å². The topological polar surface area (TPSA) is 95.9 Å². The van der Waals surface area contributed by atoms with Gasteiger partial charge in [-0.2, -0.15) is 0 Å². The van der Waals surface area contributed by atoms with Gasteiger partial charge in [0.25, 0.3) is 0 Å². The first-order valence-electron chi connectivity index (χ1n) is 6.69. The first kappa shape index (κ1) is 16.4. The van der Waals surface area contributed by atoms with Gasteiger partial charge in [-0.05, 0) is 19.3 Å². The number of carboxylic acids is 1. The molecular weight excluding hydrogens is 264 g/mol. The van der Waals surface area contributed by atoms with E-state index in [0.29, 0.717) is 32.4 Å². The van der Waals surface area contributed by atoms with Crippen LogP contribution < -0.4 is 5.32 Å². The molecule has 1 aliphatic carbocycles. The average Bonchev–Trinajstić information content (AvgIpc) is 2.87. The third-order valence-electron chi connectivity index (χ3n) is 3.52. The predicted octanol–water partition coefficient (Wildman–Crippen LogP) is -0.292. The quantitative estimate of drug-likeness (QED) is 0.627. The van der Waals surface area contributed by atoms with Crippen molar-refractivity contribution in [1.82, 2.24) is 10.2 Å². The van der Waals surface area contributed by atoms with E-state index >= 15 is 0 Å². The van der Waals surface area contributed by atoms with E-state index in [1.165, 1.54) is 4.90 Å². The lowest BCUT2D eigenvalue weighted by Gasteiger charge is -2.20. The van der Waals surface area contributed by atoms with E-state index in [2.05, 4.69) is 5.32 Å². The Balaban J connectivity index is 2.36. The maximum Gasteiger partial charge on any atom is 0.306 e. The summed E-state index contributed by atoms with van der Waals surface area (Å²) in [5.74, 6) is -1.97. The van der Waals surface area contributed by atoms with Crippen LogP contribution in [0.1, 0.15) is 19.3 Å². The second-order valence-corrected chi connectivity index (χ2v) is 5.08. The molecule has 0 aliphatic heterocycles. The van der Waals surface area contributed by atoms with E-state index in [-0.39, 0.29) is 24.3 Å². The number of aliphatic carboxylic acids is 1. The van der Waals surface area contributed by atoms with Crippen LogP contribution in [-0.2, 0) is 19.1 Å². The Morgan fingerprint density at radius 2 is 1.95 bits per heavy atom. The summed E-state index contributed by atoms with van der Waals surface area (Å²) in [7, 11) is 3.10. The smallest absolute Gasteiger partial charge is 0.306 e. The van der Waals surface area contributed by atoms with Crippen LogP contribution in [0.5, 0.6) is 0 Å². The maximum absolute atomic E-state index is 12.1. The van der Waals surface area contributed by atoms with Gasteiger partial charge in [0.2, 0.25) is 11.8 Å². The van der Waals surface area contributed by atoms with Gasteiger partial charge >= 0.3 is 5.97 Å². The van der Waals surface area contributed by atoms with Crippen molar-refractivity contribution in [2.24, 2.45) is 11.8 Å². The summed E-state index contributed by atoms with van der Waals surface area (Å²) in [6.45, 7) is 0.810. The molecule has 1 saturated carbocycles. The lowest BCUT2D eigenvalue weighted by molar-refractivity contribution is -0.142. The fraction of sp³-hybridized carbons (Fsp3) is 0.769. The highest BCUT2D eigenvalue weighted by Crippen LogP contribution is 2.32. The van der Waals surface area contributed by atoms with Crippen LogP contribution >= 0.6 is 0 Å². The van der Waals surface area contributed by atoms with Crippen molar-refractivity contribution in [2.45, 2.75) is 19.3 Å². The van der Waals surface area contributed by atoms with Gasteiger partial charge in [0.15, 0.2) is 0 Å². The molecule has 1 fully saturated rings. The SMILES string of the molecule is COCCNC(=O)CN(C)C(=O)[C@@H]1CC[C@H](C(=O)O)C1. The number of hydrogen-bond donors (Lipinski definition) is 2. The molecule has 20 heavy (non-hydrogen) atoms. The Bertz CT molecular complexity index is 372. The molecule has 1 rings (SSSR count). The molecule has 2 N–H and O–H groups in total. The fourth-order valence-corrected chi connectivity index (χ4v) is 2.38. The summed E-state index contributed by atoms with van der Waals surface area (Å²) >= 11 is 0. The second kappa shape index (κ2) is 7.84. The molecule has 0 heterocycles. The lowest BCUT2D eigenvalue weighted by atomic mass is 10.0. The molecule has 0 bridgehead atoms. The van der Waals surface area contributed by atoms with Crippen molar-refractivity contribution in [1.29, 1.82) is 0 Å². The Morgan fingerprint density at radius 1 is 1.30 bits per heavy atom. The first-order valence-corrected chi connectivity index (χ1v) is 6.69. The molecule has 0 unspecified atom stereocenters. The van der Waals surface area contributed by atoms with Gasteiger partial charge in [-0.15, -0.1) is 0 Å².